The number of hydrogen-bond acceptors (Lipinski definition) is 2. The number of rotatable bonds is 13. The Morgan fingerprint density at radius 3 is 2.05 bits per heavy atom. The summed E-state index contributed by atoms with van der Waals surface area (Å²) in [5.41, 5.74) is 0. The number of nitrogens with one attached hydrogen (secondary N) is 1. The maximum absolute atomic E-state index is 11.5. The Labute approximate surface area is 125 Å². The zero-order valence-corrected chi connectivity index (χ0v) is 14.0. The van der Waals surface area contributed by atoms with Crippen molar-refractivity contribution in [2.24, 2.45) is 11.8 Å². The van der Waals surface area contributed by atoms with Gasteiger partial charge in [0.25, 0.3) is 0 Å². The number of hydrogen-bond donors (Lipinski definition) is 2. The van der Waals surface area contributed by atoms with E-state index >= 15 is 0 Å². The van der Waals surface area contributed by atoms with E-state index in [4.69, 9.17) is 0 Å². The highest BCUT2D eigenvalue weighted by molar-refractivity contribution is 5.73. The Morgan fingerprint density at radius 1 is 1.00 bits per heavy atom. The van der Waals surface area contributed by atoms with Gasteiger partial charge in [0.05, 0.1) is 0 Å². The molecule has 0 amide bonds. The molecule has 0 saturated heterocycles. The second-order valence-corrected chi connectivity index (χ2v) is 5.95. The Balaban J connectivity index is 4.39. The molecule has 0 heterocycles. The molecule has 0 aromatic carbocycles. The number of aliphatic carboxylic acids is 1. The van der Waals surface area contributed by atoms with Gasteiger partial charge >= 0.3 is 5.97 Å². The van der Waals surface area contributed by atoms with Crippen molar-refractivity contribution in [3.63, 3.8) is 0 Å². The van der Waals surface area contributed by atoms with Crippen LogP contribution >= 0.6 is 0 Å². The van der Waals surface area contributed by atoms with Gasteiger partial charge in [-0.3, -0.25) is 4.79 Å². The fourth-order valence-electron chi connectivity index (χ4n) is 2.77. The number of carboxylic acids is 1. The van der Waals surface area contributed by atoms with Gasteiger partial charge in [0.1, 0.15) is 6.04 Å². The fourth-order valence-corrected chi connectivity index (χ4v) is 2.77. The van der Waals surface area contributed by atoms with Gasteiger partial charge in [-0.2, -0.15) is 0 Å². The minimum atomic E-state index is -0.682. The van der Waals surface area contributed by atoms with Gasteiger partial charge in [0.2, 0.25) is 0 Å². The average molecular weight is 285 g/mol. The Morgan fingerprint density at radius 2 is 1.60 bits per heavy atom. The minimum absolute atomic E-state index is 0.260. The molecule has 0 aromatic heterocycles. The van der Waals surface area contributed by atoms with Crippen LogP contribution in [0.5, 0.6) is 0 Å². The molecule has 0 bridgehead atoms. The van der Waals surface area contributed by atoms with Crippen LogP contribution in [0.4, 0.5) is 0 Å². The smallest absolute Gasteiger partial charge is 0.320 e. The van der Waals surface area contributed by atoms with Gasteiger partial charge in [0.15, 0.2) is 0 Å². The number of carboxylic acid groups (broad SMARTS) is 1. The van der Waals surface area contributed by atoms with Gasteiger partial charge < -0.3 is 10.4 Å². The molecule has 3 atom stereocenters. The van der Waals surface area contributed by atoms with Crippen LogP contribution in [-0.4, -0.2) is 23.7 Å². The molecular weight excluding hydrogens is 250 g/mol. The van der Waals surface area contributed by atoms with Crippen molar-refractivity contribution >= 4 is 5.97 Å². The molecule has 0 rings (SSSR count). The summed E-state index contributed by atoms with van der Waals surface area (Å²) < 4.78 is 0. The lowest BCUT2D eigenvalue weighted by atomic mass is 9.90. The van der Waals surface area contributed by atoms with E-state index in [0.717, 1.165) is 38.6 Å². The molecule has 0 aliphatic heterocycles. The van der Waals surface area contributed by atoms with Crippen LogP contribution in [0.15, 0.2) is 0 Å². The molecule has 120 valence electrons. The van der Waals surface area contributed by atoms with E-state index < -0.39 is 5.97 Å². The van der Waals surface area contributed by atoms with E-state index in [9.17, 15) is 9.90 Å². The second-order valence-electron chi connectivity index (χ2n) is 5.95. The van der Waals surface area contributed by atoms with Gasteiger partial charge in [-0.15, -0.1) is 0 Å². The van der Waals surface area contributed by atoms with Crippen molar-refractivity contribution in [2.45, 2.75) is 85.1 Å². The van der Waals surface area contributed by atoms with Crippen molar-refractivity contribution in [1.29, 1.82) is 0 Å². The molecular formula is C17H35NO2. The fraction of sp³-hybridized carbons (Fsp3) is 0.941. The molecule has 3 unspecified atom stereocenters. The van der Waals surface area contributed by atoms with E-state index in [1.165, 1.54) is 19.3 Å². The Hall–Kier alpha value is -0.570. The quantitative estimate of drug-likeness (QED) is 0.525. The van der Waals surface area contributed by atoms with Crippen LogP contribution in [0, 0.1) is 11.8 Å². The lowest BCUT2D eigenvalue weighted by molar-refractivity contribution is -0.141. The predicted molar refractivity (Wildman–Crippen MR) is 86.0 cm³/mol. The van der Waals surface area contributed by atoms with Crippen LogP contribution in [0.3, 0.4) is 0 Å². The molecule has 0 spiro atoms. The SMILES string of the molecule is CCCCC(CC)CNC(C(=O)O)C(CC)CCCC. The zero-order valence-electron chi connectivity index (χ0n) is 14.0. The Kier molecular flexibility index (Phi) is 11.8. The molecule has 3 heteroatoms. The molecule has 0 radical (unpaired) electrons. The maximum Gasteiger partial charge on any atom is 0.320 e. The molecule has 0 fully saturated rings. The van der Waals surface area contributed by atoms with Gasteiger partial charge in [-0.25, -0.2) is 0 Å². The lowest BCUT2D eigenvalue weighted by Crippen LogP contribution is -2.44. The summed E-state index contributed by atoms with van der Waals surface area (Å²) in [7, 11) is 0. The molecule has 0 aliphatic rings. The van der Waals surface area contributed by atoms with Crippen LogP contribution in [-0.2, 0) is 4.79 Å². The van der Waals surface area contributed by atoms with E-state index in [2.05, 4.69) is 33.0 Å². The second kappa shape index (κ2) is 12.2. The maximum atomic E-state index is 11.5. The number of carbonyl (C=O) groups is 1. The first-order valence-electron chi connectivity index (χ1n) is 8.56. The van der Waals surface area contributed by atoms with Crippen LogP contribution in [0.2, 0.25) is 0 Å². The number of unbranched alkanes of at least 4 members (excludes halogenated alkanes) is 2. The lowest BCUT2D eigenvalue weighted by Gasteiger charge is -2.26. The molecule has 0 aromatic rings. The third kappa shape index (κ3) is 7.88. The summed E-state index contributed by atoms with van der Waals surface area (Å²) in [5.74, 6) is 0.190. The monoisotopic (exact) mass is 285 g/mol. The van der Waals surface area contributed by atoms with E-state index in [0.29, 0.717) is 5.92 Å². The zero-order chi connectivity index (χ0) is 15.4. The third-order valence-corrected chi connectivity index (χ3v) is 4.36. The van der Waals surface area contributed by atoms with Crippen molar-refractivity contribution < 1.29 is 9.90 Å². The molecule has 3 nitrogen and oxygen atoms in total. The largest absolute Gasteiger partial charge is 0.480 e. The molecule has 20 heavy (non-hydrogen) atoms. The van der Waals surface area contributed by atoms with E-state index in [1.807, 2.05) is 0 Å². The van der Waals surface area contributed by atoms with Crippen LogP contribution in [0.1, 0.15) is 79.1 Å². The first-order valence-corrected chi connectivity index (χ1v) is 8.56. The van der Waals surface area contributed by atoms with Gasteiger partial charge in [-0.1, -0.05) is 66.2 Å². The van der Waals surface area contributed by atoms with Crippen molar-refractivity contribution in [3.8, 4) is 0 Å². The molecule has 0 saturated carbocycles. The molecule has 0 aliphatic carbocycles. The van der Waals surface area contributed by atoms with Crippen molar-refractivity contribution in [2.75, 3.05) is 6.54 Å². The summed E-state index contributed by atoms with van der Waals surface area (Å²) in [6.45, 7) is 9.51. The highest BCUT2D eigenvalue weighted by Crippen LogP contribution is 2.19. The van der Waals surface area contributed by atoms with Crippen LogP contribution < -0.4 is 5.32 Å². The summed E-state index contributed by atoms with van der Waals surface area (Å²) >= 11 is 0. The average Bonchev–Trinajstić information content (AvgIpc) is 2.45. The van der Waals surface area contributed by atoms with Gasteiger partial charge in [-0.05, 0) is 31.2 Å². The van der Waals surface area contributed by atoms with E-state index in [-0.39, 0.29) is 12.0 Å². The highest BCUT2D eigenvalue weighted by atomic mass is 16.4. The first kappa shape index (κ1) is 19.4. The predicted octanol–water partition coefficient (Wildman–Crippen LogP) is 4.46. The van der Waals surface area contributed by atoms with E-state index in [1.54, 1.807) is 0 Å². The summed E-state index contributed by atoms with van der Waals surface area (Å²) in [5, 5.41) is 12.8. The van der Waals surface area contributed by atoms with Crippen molar-refractivity contribution in [3.05, 3.63) is 0 Å². The van der Waals surface area contributed by atoms with Crippen molar-refractivity contribution in [1.82, 2.24) is 5.32 Å². The van der Waals surface area contributed by atoms with Crippen LogP contribution in [0.25, 0.3) is 0 Å². The van der Waals surface area contributed by atoms with Gasteiger partial charge in [0, 0.05) is 0 Å². The first-order chi connectivity index (χ1) is 9.60. The topological polar surface area (TPSA) is 49.3 Å². The minimum Gasteiger partial charge on any atom is -0.480 e. The summed E-state index contributed by atoms with van der Waals surface area (Å²) in [4.78, 5) is 11.5. The highest BCUT2D eigenvalue weighted by Gasteiger charge is 2.26. The summed E-state index contributed by atoms with van der Waals surface area (Å²) in [6.07, 6.45) is 9.01. The summed E-state index contributed by atoms with van der Waals surface area (Å²) in [6, 6.07) is -0.373. The third-order valence-electron chi connectivity index (χ3n) is 4.36. The standard InChI is InChI=1S/C17H35NO2/c1-5-9-11-14(7-3)13-18-16(17(19)20)15(8-4)12-10-6-2/h14-16,18H,5-13H2,1-4H3,(H,19,20). The Bertz CT molecular complexity index is 243. The molecule has 2 N–H and O–H groups in total. The normalized spacial score (nSPS) is 15.8.